The predicted molar refractivity (Wildman–Crippen MR) is 84.1 cm³/mol. The van der Waals surface area contributed by atoms with Crippen LogP contribution in [0.5, 0.6) is 5.75 Å². The van der Waals surface area contributed by atoms with Crippen LogP contribution in [-0.2, 0) is 5.41 Å². The summed E-state index contributed by atoms with van der Waals surface area (Å²) in [6.07, 6.45) is -1.26. The summed E-state index contributed by atoms with van der Waals surface area (Å²) in [4.78, 5) is 11.3. The van der Waals surface area contributed by atoms with Gasteiger partial charge in [-0.3, -0.25) is 0 Å². The lowest BCUT2D eigenvalue weighted by Crippen LogP contribution is -2.16. The number of fused-ring (bicyclic) bond motifs is 1. The predicted octanol–water partition coefficient (Wildman–Crippen LogP) is 4.95. The average Bonchev–Trinajstić information content (AvgIpc) is 2.71. The van der Waals surface area contributed by atoms with Gasteiger partial charge in [0, 0.05) is 26.7 Å². The van der Waals surface area contributed by atoms with Crippen molar-refractivity contribution in [2.75, 3.05) is 0 Å². The molecule has 0 bridgehead atoms. The van der Waals surface area contributed by atoms with Crippen LogP contribution in [0, 0.1) is 0 Å². The molecule has 1 heterocycles. The first-order chi connectivity index (χ1) is 9.92. The SMILES string of the molecule is CC(C)(C)c1nn(C(=O)O)c2ccc(OC(F)(F)Br)c(Br)c12. The van der Waals surface area contributed by atoms with Crippen molar-refractivity contribution >= 4 is 48.9 Å². The summed E-state index contributed by atoms with van der Waals surface area (Å²) in [5.74, 6) is -0.121. The summed E-state index contributed by atoms with van der Waals surface area (Å²) in [6.45, 7) is 5.54. The van der Waals surface area contributed by atoms with E-state index in [0.717, 1.165) is 4.68 Å². The fraction of sp³-hybridized carbons (Fsp3) is 0.385. The molecule has 1 aromatic heterocycles. The normalized spacial score (nSPS) is 12.7. The zero-order chi connectivity index (χ0) is 16.9. The molecule has 0 amide bonds. The number of alkyl halides is 3. The monoisotopic (exact) mass is 440 g/mol. The number of halogens is 4. The van der Waals surface area contributed by atoms with E-state index in [1.807, 2.05) is 20.8 Å². The summed E-state index contributed by atoms with van der Waals surface area (Å²) in [7, 11) is 0. The van der Waals surface area contributed by atoms with E-state index in [2.05, 4.69) is 41.7 Å². The van der Waals surface area contributed by atoms with E-state index < -0.39 is 16.5 Å². The van der Waals surface area contributed by atoms with Crippen molar-refractivity contribution in [3.8, 4) is 5.75 Å². The fourth-order valence-corrected chi connectivity index (χ4v) is 2.81. The minimum atomic E-state index is -3.53. The zero-order valence-electron chi connectivity index (χ0n) is 11.8. The Balaban J connectivity index is 2.79. The highest BCUT2D eigenvalue weighted by Gasteiger charge is 2.31. The Bertz CT molecular complexity index is 748. The van der Waals surface area contributed by atoms with E-state index in [4.69, 9.17) is 0 Å². The highest BCUT2D eigenvalue weighted by molar-refractivity contribution is 9.10. The number of hydrogen-bond donors (Lipinski definition) is 1. The number of benzene rings is 1. The number of ether oxygens (including phenoxy) is 1. The molecule has 0 saturated carbocycles. The largest absolute Gasteiger partial charge is 0.463 e. The molecule has 0 unspecified atom stereocenters. The molecule has 5 nitrogen and oxygen atoms in total. The van der Waals surface area contributed by atoms with Crippen LogP contribution in [0.2, 0.25) is 0 Å². The van der Waals surface area contributed by atoms with Gasteiger partial charge in [0.1, 0.15) is 5.75 Å². The highest BCUT2D eigenvalue weighted by Crippen LogP contribution is 2.41. The number of aromatic nitrogens is 2. The van der Waals surface area contributed by atoms with Gasteiger partial charge in [0.25, 0.3) is 0 Å². The van der Waals surface area contributed by atoms with Crippen LogP contribution in [0.25, 0.3) is 10.9 Å². The van der Waals surface area contributed by atoms with Crippen LogP contribution < -0.4 is 4.74 Å². The Hall–Kier alpha value is -1.22. The molecule has 0 atom stereocenters. The summed E-state index contributed by atoms with van der Waals surface area (Å²) in [5.41, 5.74) is 0.256. The maximum absolute atomic E-state index is 13.0. The molecule has 0 fully saturated rings. The first-order valence-electron chi connectivity index (χ1n) is 6.12. The molecule has 2 aromatic rings. The van der Waals surface area contributed by atoms with Crippen LogP contribution in [0.1, 0.15) is 26.5 Å². The summed E-state index contributed by atoms with van der Waals surface area (Å²) >= 11 is 5.32. The molecule has 9 heteroatoms. The number of carbonyl (C=O) groups is 1. The van der Waals surface area contributed by atoms with Gasteiger partial charge in [0.2, 0.25) is 0 Å². The van der Waals surface area contributed by atoms with Gasteiger partial charge in [-0.15, -0.1) is 0 Å². The van der Waals surface area contributed by atoms with Crippen molar-refractivity contribution in [3.05, 3.63) is 22.3 Å². The standard InChI is InChI=1S/C13H12Br2F2N2O3/c1-12(2,3)10-8-6(19(18-10)11(20)21)4-5-7(9(8)14)22-13(15,16)17/h4-5H,1-3H3,(H,20,21). The van der Waals surface area contributed by atoms with Crippen LogP contribution in [-0.4, -0.2) is 26.0 Å². The van der Waals surface area contributed by atoms with Crippen molar-refractivity contribution in [1.29, 1.82) is 0 Å². The van der Waals surface area contributed by atoms with Crippen LogP contribution >= 0.6 is 31.9 Å². The van der Waals surface area contributed by atoms with Gasteiger partial charge in [-0.1, -0.05) is 20.8 Å². The summed E-state index contributed by atoms with van der Waals surface area (Å²) < 4.78 is 31.6. The maximum atomic E-state index is 13.0. The van der Waals surface area contributed by atoms with Crippen molar-refractivity contribution in [2.45, 2.75) is 31.2 Å². The quantitative estimate of drug-likeness (QED) is 0.670. The van der Waals surface area contributed by atoms with Gasteiger partial charge in [-0.05, 0) is 28.1 Å². The van der Waals surface area contributed by atoms with Gasteiger partial charge < -0.3 is 9.84 Å². The second-order valence-electron chi connectivity index (χ2n) is 5.61. The first-order valence-corrected chi connectivity index (χ1v) is 7.71. The fourth-order valence-electron chi connectivity index (χ4n) is 2.03. The summed E-state index contributed by atoms with van der Waals surface area (Å²) in [5, 5.41) is 10.2. The van der Waals surface area contributed by atoms with E-state index in [9.17, 15) is 18.7 Å². The van der Waals surface area contributed by atoms with Gasteiger partial charge in [-0.2, -0.15) is 18.6 Å². The lowest BCUT2D eigenvalue weighted by atomic mass is 9.90. The molecular weight excluding hydrogens is 430 g/mol. The molecule has 0 spiro atoms. The van der Waals surface area contributed by atoms with Crippen molar-refractivity contribution in [1.82, 2.24) is 9.78 Å². The second-order valence-corrected chi connectivity index (χ2v) is 7.33. The highest BCUT2D eigenvalue weighted by atomic mass is 79.9. The van der Waals surface area contributed by atoms with E-state index in [1.54, 1.807) is 0 Å². The Labute approximate surface area is 141 Å². The molecule has 0 aliphatic carbocycles. The number of hydrogen-bond acceptors (Lipinski definition) is 3. The Kier molecular flexibility index (Phi) is 4.25. The van der Waals surface area contributed by atoms with E-state index in [-0.39, 0.29) is 15.7 Å². The lowest BCUT2D eigenvalue weighted by molar-refractivity contribution is -0.0806. The minimum Gasteiger partial charge on any atom is -0.463 e. The maximum Gasteiger partial charge on any atom is 0.459 e. The number of rotatable bonds is 2. The van der Waals surface area contributed by atoms with E-state index >= 15 is 0 Å². The zero-order valence-corrected chi connectivity index (χ0v) is 15.0. The summed E-state index contributed by atoms with van der Waals surface area (Å²) in [6, 6.07) is 2.64. The molecule has 0 radical (unpaired) electrons. The molecule has 1 aromatic carbocycles. The van der Waals surface area contributed by atoms with Crippen molar-refractivity contribution < 1.29 is 23.4 Å². The van der Waals surface area contributed by atoms with Gasteiger partial charge in [0.05, 0.1) is 15.7 Å². The number of nitrogens with zero attached hydrogens (tertiary/aromatic N) is 2. The van der Waals surface area contributed by atoms with E-state index in [0.29, 0.717) is 11.1 Å². The molecule has 22 heavy (non-hydrogen) atoms. The molecule has 0 aliphatic rings. The smallest absolute Gasteiger partial charge is 0.459 e. The van der Waals surface area contributed by atoms with Crippen molar-refractivity contribution in [2.24, 2.45) is 0 Å². The van der Waals surface area contributed by atoms with Gasteiger partial charge >= 0.3 is 11.1 Å². The second kappa shape index (κ2) is 5.45. The van der Waals surface area contributed by atoms with E-state index in [1.165, 1.54) is 12.1 Å². The molecule has 1 N–H and O–H groups in total. The molecule has 0 aliphatic heterocycles. The van der Waals surface area contributed by atoms with Gasteiger partial charge in [-0.25, -0.2) is 4.79 Å². The Morgan fingerprint density at radius 3 is 2.41 bits per heavy atom. The Morgan fingerprint density at radius 1 is 1.36 bits per heavy atom. The third-order valence-electron chi connectivity index (χ3n) is 2.87. The van der Waals surface area contributed by atoms with Crippen LogP contribution in [0.15, 0.2) is 16.6 Å². The van der Waals surface area contributed by atoms with Gasteiger partial charge in [0.15, 0.2) is 0 Å². The Morgan fingerprint density at radius 2 is 1.95 bits per heavy atom. The minimum absolute atomic E-state index is 0.121. The molecule has 2 rings (SSSR count). The topological polar surface area (TPSA) is 64.4 Å². The molecule has 0 saturated heterocycles. The third kappa shape index (κ3) is 3.24. The number of carboxylic acid groups (broad SMARTS) is 1. The first kappa shape index (κ1) is 17.1. The molecule has 120 valence electrons. The molecular formula is C13H12Br2F2N2O3. The lowest BCUT2D eigenvalue weighted by Gasteiger charge is -2.17. The average molecular weight is 442 g/mol. The third-order valence-corrected chi connectivity index (χ3v) is 3.82. The van der Waals surface area contributed by atoms with Crippen LogP contribution in [0.3, 0.4) is 0 Å². The van der Waals surface area contributed by atoms with Crippen molar-refractivity contribution in [3.63, 3.8) is 0 Å². The van der Waals surface area contributed by atoms with Crippen LogP contribution in [0.4, 0.5) is 13.6 Å².